The molecule has 0 aromatic heterocycles. The number of nitrogens with one attached hydrogen (secondary N) is 1. The molecule has 0 bridgehead atoms. The van der Waals surface area contributed by atoms with Gasteiger partial charge < -0.3 is 9.84 Å². The average molecular weight is 339 g/mol. The van der Waals surface area contributed by atoms with Crippen molar-refractivity contribution >= 4 is 21.7 Å². The number of carboxylic acids is 1. The van der Waals surface area contributed by atoms with Gasteiger partial charge in [0.05, 0.1) is 4.90 Å². The molecule has 0 saturated heterocycles. The standard InChI is InChI=1S/C15H14FNO5S/c1-10-8-11(2-7-14(10)16)17-23(20,21)13-5-3-12(4-6-13)22-9-15(18)19/h2-8,17H,9H2,1H3,(H,18,19). The smallest absolute Gasteiger partial charge is 0.341 e. The lowest BCUT2D eigenvalue weighted by Gasteiger charge is -2.10. The van der Waals surface area contributed by atoms with Crippen molar-refractivity contribution in [3.05, 3.63) is 53.8 Å². The molecule has 0 radical (unpaired) electrons. The van der Waals surface area contributed by atoms with Crippen molar-refractivity contribution in [3.63, 3.8) is 0 Å². The Balaban J connectivity index is 2.15. The van der Waals surface area contributed by atoms with Crippen molar-refractivity contribution in [1.29, 1.82) is 0 Å². The molecule has 2 aromatic rings. The normalized spacial score (nSPS) is 11.0. The van der Waals surface area contributed by atoms with E-state index in [9.17, 15) is 17.6 Å². The predicted molar refractivity (Wildman–Crippen MR) is 81.5 cm³/mol. The van der Waals surface area contributed by atoms with Gasteiger partial charge in [-0.15, -0.1) is 0 Å². The first-order chi connectivity index (χ1) is 10.8. The van der Waals surface area contributed by atoms with Gasteiger partial charge in [-0.2, -0.15) is 0 Å². The van der Waals surface area contributed by atoms with Crippen LogP contribution < -0.4 is 9.46 Å². The second kappa shape index (κ2) is 6.66. The lowest BCUT2D eigenvalue weighted by atomic mass is 10.2. The molecule has 0 heterocycles. The van der Waals surface area contributed by atoms with Gasteiger partial charge in [0.1, 0.15) is 11.6 Å². The highest BCUT2D eigenvalue weighted by molar-refractivity contribution is 7.92. The van der Waals surface area contributed by atoms with Gasteiger partial charge in [0.2, 0.25) is 0 Å². The van der Waals surface area contributed by atoms with Gasteiger partial charge in [-0.05, 0) is 55.0 Å². The van der Waals surface area contributed by atoms with Gasteiger partial charge >= 0.3 is 5.97 Å². The number of aryl methyl sites for hydroxylation is 1. The van der Waals surface area contributed by atoms with Gasteiger partial charge in [-0.25, -0.2) is 17.6 Å². The van der Waals surface area contributed by atoms with Crippen LogP contribution in [0.25, 0.3) is 0 Å². The third-order valence-electron chi connectivity index (χ3n) is 2.91. The molecule has 0 fully saturated rings. The van der Waals surface area contributed by atoms with Crippen LogP contribution in [-0.4, -0.2) is 26.1 Å². The Morgan fingerprint density at radius 3 is 2.43 bits per heavy atom. The molecule has 0 saturated carbocycles. The number of hydrogen-bond acceptors (Lipinski definition) is 4. The summed E-state index contributed by atoms with van der Waals surface area (Å²) in [5.41, 5.74) is 0.567. The quantitative estimate of drug-likeness (QED) is 0.843. The number of benzene rings is 2. The van der Waals surface area contributed by atoms with Crippen molar-refractivity contribution in [3.8, 4) is 5.75 Å². The summed E-state index contributed by atoms with van der Waals surface area (Å²) in [6.45, 7) is 1.01. The van der Waals surface area contributed by atoms with Crippen molar-refractivity contribution < 1.29 is 27.4 Å². The second-order valence-corrected chi connectivity index (χ2v) is 6.41. The molecular weight excluding hydrogens is 325 g/mol. The highest BCUT2D eigenvalue weighted by Crippen LogP contribution is 2.20. The van der Waals surface area contributed by atoms with Crippen LogP contribution in [0, 0.1) is 12.7 Å². The molecule has 0 spiro atoms. The van der Waals surface area contributed by atoms with Crippen molar-refractivity contribution in [2.24, 2.45) is 0 Å². The number of hydrogen-bond donors (Lipinski definition) is 2. The fraction of sp³-hybridized carbons (Fsp3) is 0.133. The molecular formula is C15H14FNO5S. The Morgan fingerprint density at radius 1 is 1.22 bits per heavy atom. The molecule has 23 heavy (non-hydrogen) atoms. The number of sulfonamides is 1. The maximum absolute atomic E-state index is 13.2. The topological polar surface area (TPSA) is 92.7 Å². The third-order valence-corrected chi connectivity index (χ3v) is 4.30. The lowest BCUT2D eigenvalue weighted by molar-refractivity contribution is -0.139. The Bertz CT molecular complexity index is 818. The van der Waals surface area contributed by atoms with Crippen molar-refractivity contribution in [1.82, 2.24) is 0 Å². The minimum atomic E-state index is -3.84. The van der Waals surface area contributed by atoms with E-state index in [2.05, 4.69) is 4.72 Å². The number of anilines is 1. The molecule has 122 valence electrons. The molecule has 0 aliphatic heterocycles. The van der Waals surface area contributed by atoms with Crippen molar-refractivity contribution in [2.75, 3.05) is 11.3 Å². The molecule has 0 atom stereocenters. The molecule has 0 aliphatic rings. The predicted octanol–water partition coefficient (Wildman–Crippen LogP) is 2.40. The van der Waals surface area contributed by atoms with E-state index in [0.717, 1.165) is 0 Å². The molecule has 2 N–H and O–H groups in total. The minimum Gasteiger partial charge on any atom is -0.482 e. The molecule has 0 unspecified atom stereocenters. The molecule has 6 nitrogen and oxygen atoms in total. The number of carbonyl (C=O) groups is 1. The summed E-state index contributed by atoms with van der Waals surface area (Å²) >= 11 is 0. The highest BCUT2D eigenvalue weighted by atomic mass is 32.2. The van der Waals surface area contributed by atoms with Crippen LogP contribution >= 0.6 is 0 Å². The van der Waals surface area contributed by atoms with Crippen LogP contribution in [0.3, 0.4) is 0 Å². The zero-order chi connectivity index (χ0) is 17.0. The van der Waals surface area contributed by atoms with E-state index in [4.69, 9.17) is 9.84 Å². The first kappa shape index (κ1) is 16.8. The van der Waals surface area contributed by atoms with E-state index in [1.54, 1.807) is 0 Å². The fourth-order valence-electron chi connectivity index (χ4n) is 1.78. The van der Waals surface area contributed by atoms with E-state index in [-0.39, 0.29) is 16.3 Å². The monoisotopic (exact) mass is 339 g/mol. The van der Waals surface area contributed by atoms with Crippen LogP contribution in [0.5, 0.6) is 5.75 Å². The van der Waals surface area contributed by atoms with Gasteiger partial charge in [0, 0.05) is 5.69 Å². The highest BCUT2D eigenvalue weighted by Gasteiger charge is 2.15. The summed E-state index contributed by atoms with van der Waals surface area (Å²) in [6.07, 6.45) is 0. The SMILES string of the molecule is Cc1cc(NS(=O)(=O)c2ccc(OCC(=O)O)cc2)ccc1F. The first-order valence-corrected chi connectivity index (χ1v) is 8.00. The van der Waals surface area contributed by atoms with Crippen LogP contribution in [-0.2, 0) is 14.8 Å². The second-order valence-electron chi connectivity index (χ2n) is 4.72. The number of ether oxygens (including phenoxy) is 1. The molecule has 0 aliphatic carbocycles. The van der Waals surface area contributed by atoms with Crippen LogP contribution in [0.4, 0.5) is 10.1 Å². The summed E-state index contributed by atoms with van der Waals surface area (Å²) in [6, 6.07) is 9.17. The third kappa shape index (κ3) is 4.43. The van der Waals surface area contributed by atoms with E-state index >= 15 is 0 Å². The van der Waals surface area contributed by atoms with E-state index in [1.165, 1.54) is 49.4 Å². The summed E-state index contributed by atoms with van der Waals surface area (Å²) in [5, 5.41) is 8.51. The summed E-state index contributed by atoms with van der Waals surface area (Å²) in [4.78, 5) is 10.4. The number of carboxylic acid groups (broad SMARTS) is 1. The Labute approximate surface area is 132 Å². The lowest BCUT2D eigenvalue weighted by Crippen LogP contribution is -2.13. The Hall–Kier alpha value is -2.61. The summed E-state index contributed by atoms with van der Waals surface area (Å²) in [5.74, 6) is -1.31. The molecule has 0 amide bonds. The zero-order valence-corrected chi connectivity index (χ0v) is 12.9. The summed E-state index contributed by atoms with van der Waals surface area (Å²) in [7, 11) is -3.84. The average Bonchev–Trinajstić information content (AvgIpc) is 2.49. The maximum atomic E-state index is 13.2. The van der Waals surface area contributed by atoms with Gasteiger partial charge in [0.15, 0.2) is 6.61 Å². The number of aliphatic carboxylic acids is 1. The fourth-order valence-corrected chi connectivity index (χ4v) is 2.83. The van der Waals surface area contributed by atoms with E-state index < -0.39 is 28.4 Å². The van der Waals surface area contributed by atoms with Crippen LogP contribution in [0.2, 0.25) is 0 Å². The van der Waals surface area contributed by atoms with Gasteiger partial charge in [0.25, 0.3) is 10.0 Å². The molecule has 8 heteroatoms. The van der Waals surface area contributed by atoms with Crippen molar-refractivity contribution in [2.45, 2.75) is 11.8 Å². The van der Waals surface area contributed by atoms with Gasteiger partial charge in [-0.3, -0.25) is 4.72 Å². The van der Waals surface area contributed by atoms with Crippen LogP contribution in [0.15, 0.2) is 47.4 Å². The maximum Gasteiger partial charge on any atom is 0.341 e. The number of rotatable bonds is 6. The Morgan fingerprint density at radius 2 is 1.87 bits per heavy atom. The van der Waals surface area contributed by atoms with E-state index in [1.807, 2.05) is 0 Å². The molecule has 2 aromatic carbocycles. The van der Waals surface area contributed by atoms with Crippen LogP contribution in [0.1, 0.15) is 5.56 Å². The summed E-state index contributed by atoms with van der Waals surface area (Å²) < 4.78 is 44.9. The zero-order valence-electron chi connectivity index (χ0n) is 12.1. The molecule has 2 rings (SSSR count). The van der Waals surface area contributed by atoms with Gasteiger partial charge in [-0.1, -0.05) is 0 Å². The minimum absolute atomic E-state index is 0.0258. The Kier molecular flexibility index (Phi) is 4.85. The van der Waals surface area contributed by atoms with E-state index in [0.29, 0.717) is 5.56 Å². The first-order valence-electron chi connectivity index (χ1n) is 6.51. The largest absolute Gasteiger partial charge is 0.482 e. The number of halogens is 1.